The van der Waals surface area contributed by atoms with Crippen LogP contribution in [0.4, 0.5) is 4.39 Å². The van der Waals surface area contributed by atoms with E-state index in [1.807, 2.05) is 11.5 Å². The largest absolute Gasteiger partial charge is 0.344 e. The summed E-state index contributed by atoms with van der Waals surface area (Å²) in [4.78, 5) is 0. The summed E-state index contributed by atoms with van der Waals surface area (Å²) in [6.07, 6.45) is 1.20. The summed E-state index contributed by atoms with van der Waals surface area (Å²) in [5, 5.41) is 0.868. The number of fused-ring (bicyclic) bond motifs is 1. The van der Waals surface area contributed by atoms with Crippen LogP contribution in [0.1, 0.15) is 12.6 Å². The summed E-state index contributed by atoms with van der Waals surface area (Å²) in [6, 6.07) is 6.29. The molecule has 1 aromatic carbocycles. The lowest BCUT2D eigenvalue weighted by molar-refractivity contribution is 0.598. The average molecular weight is 255 g/mol. The van der Waals surface area contributed by atoms with E-state index in [0.29, 0.717) is 12.2 Å². The van der Waals surface area contributed by atoms with Gasteiger partial charge in [0, 0.05) is 23.9 Å². The van der Waals surface area contributed by atoms with Gasteiger partial charge < -0.3 is 4.57 Å². The van der Waals surface area contributed by atoms with Crippen LogP contribution in [0.2, 0.25) is 0 Å². The zero-order chi connectivity index (χ0) is 12.6. The minimum Gasteiger partial charge on any atom is -0.344 e. The molecular formula is C12H14FNO2S. The molecule has 1 aromatic heterocycles. The number of aryl methyl sites for hydroxylation is 1. The van der Waals surface area contributed by atoms with Gasteiger partial charge in [0.1, 0.15) is 5.82 Å². The SMILES string of the molecule is CCn1c(CS(C)(=O)=O)cc2ccc(F)cc21. The number of sulfone groups is 1. The van der Waals surface area contributed by atoms with Crippen molar-refractivity contribution in [2.75, 3.05) is 6.26 Å². The highest BCUT2D eigenvalue weighted by Gasteiger charge is 2.12. The lowest BCUT2D eigenvalue weighted by Gasteiger charge is -2.06. The van der Waals surface area contributed by atoms with E-state index in [1.165, 1.54) is 18.4 Å². The molecule has 1 heterocycles. The Morgan fingerprint density at radius 1 is 1.29 bits per heavy atom. The fraction of sp³-hybridized carbons (Fsp3) is 0.333. The number of benzene rings is 1. The van der Waals surface area contributed by atoms with Crippen LogP contribution in [-0.2, 0) is 22.1 Å². The zero-order valence-corrected chi connectivity index (χ0v) is 10.6. The van der Waals surface area contributed by atoms with Crippen LogP contribution in [0.3, 0.4) is 0 Å². The van der Waals surface area contributed by atoms with Gasteiger partial charge in [0.15, 0.2) is 9.84 Å². The van der Waals surface area contributed by atoms with Crippen LogP contribution in [0.15, 0.2) is 24.3 Å². The Bertz CT molecular complexity index is 658. The fourth-order valence-electron chi connectivity index (χ4n) is 2.05. The number of hydrogen-bond acceptors (Lipinski definition) is 2. The molecule has 0 N–H and O–H groups in total. The van der Waals surface area contributed by atoms with Crippen molar-refractivity contribution in [1.82, 2.24) is 4.57 Å². The Morgan fingerprint density at radius 2 is 2.00 bits per heavy atom. The topological polar surface area (TPSA) is 39.1 Å². The summed E-state index contributed by atoms with van der Waals surface area (Å²) in [7, 11) is -3.08. The minimum atomic E-state index is -3.08. The molecule has 0 aliphatic carbocycles. The monoisotopic (exact) mass is 255 g/mol. The summed E-state index contributed by atoms with van der Waals surface area (Å²) >= 11 is 0. The van der Waals surface area contributed by atoms with Crippen molar-refractivity contribution in [1.29, 1.82) is 0 Å². The number of hydrogen-bond donors (Lipinski definition) is 0. The molecule has 0 saturated carbocycles. The van der Waals surface area contributed by atoms with Crippen LogP contribution in [0, 0.1) is 5.82 Å². The van der Waals surface area contributed by atoms with Gasteiger partial charge in [-0.25, -0.2) is 12.8 Å². The van der Waals surface area contributed by atoms with E-state index in [2.05, 4.69) is 0 Å². The first-order valence-corrected chi connectivity index (χ1v) is 7.42. The lowest BCUT2D eigenvalue weighted by Crippen LogP contribution is -2.07. The fourth-order valence-corrected chi connectivity index (χ4v) is 2.82. The first-order valence-electron chi connectivity index (χ1n) is 5.36. The highest BCUT2D eigenvalue weighted by atomic mass is 32.2. The van der Waals surface area contributed by atoms with Gasteiger partial charge in [-0.15, -0.1) is 0 Å². The third-order valence-electron chi connectivity index (χ3n) is 2.68. The molecule has 0 bridgehead atoms. The molecule has 0 aliphatic rings. The first kappa shape index (κ1) is 12.1. The van der Waals surface area contributed by atoms with Crippen molar-refractivity contribution in [3.63, 3.8) is 0 Å². The summed E-state index contributed by atoms with van der Waals surface area (Å²) in [5.41, 5.74) is 1.45. The van der Waals surface area contributed by atoms with Gasteiger partial charge in [-0.2, -0.15) is 0 Å². The molecule has 5 heteroatoms. The third kappa shape index (κ3) is 2.49. The lowest BCUT2D eigenvalue weighted by atomic mass is 10.2. The molecule has 2 rings (SSSR count). The maximum atomic E-state index is 13.2. The van der Waals surface area contributed by atoms with Crippen molar-refractivity contribution in [3.05, 3.63) is 35.8 Å². The molecule has 0 fully saturated rings. The van der Waals surface area contributed by atoms with Gasteiger partial charge >= 0.3 is 0 Å². The Labute approximate surface area is 99.8 Å². The quantitative estimate of drug-likeness (QED) is 0.844. The number of nitrogens with zero attached hydrogens (tertiary/aromatic N) is 1. The van der Waals surface area contributed by atoms with Gasteiger partial charge in [-0.05, 0) is 31.2 Å². The zero-order valence-electron chi connectivity index (χ0n) is 9.77. The molecule has 0 amide bonds. The summed E-state index contributed by atoms with van der Waals surface area (Å²) in [6.45, 7) is 2.54. The number of halogens is 1. The van der Waals surface area contributed by atoms with E-state index < -0.39 is 9.84 Å². The molecule has 0 aliphatic heterocycles. The van der Waals surface area contributed by atoms with Crippen molar-refractivity contribution in [2.45, 2.75) is 19.2 Å². The summed E-state index contributed by atoms with van der Waals surface area (Å²) in [5.74, 6) is -0.326. The highest BCUT2D eigenvalue weighted by Crippen LogP contribution is 2.22. The molecular weight excluding hydrogens is 241 g/mol. The van der Waals surface area contributed by atoms with Crippen LogP contribution in [0.5, 0.6) is 0 Å². The highest BCUT2D eigenvalue weighted by molar-refractivity contribution is 7.89. The van der Waals surface area contributed by atoms with E-state index in [4.69, 9.17) is 0 Å². The second-order valence-electron chi connectivity index (χ2n) is 4.15. The van der Waals surface area contributed by atoms with Crippen LogP contribution < -0.4 is 0 Å². The van der Waals surface area contributed by atoms with Gasteiger partial charge in [-0.3, -0.25) is 0 Å². The van der Waals surface area contributed by atoms with Crippen molar-refractivity contribution in [2.24, 2.45) is 0 Å². The van der Waals surface area contributed by atoms with E-state index in [0.717, 1.165) is 10.9 Å². The minimum absolute atomic E-state index is 0.0167. The third-order valence-corrected chi connectivity index (χ3v) is 3.50. The van der Waals surface area contributed by atoms with Crippen molar-refractivity contribution in [3.8, 4) is 0 Å². The molecule has 17 heavy (non-hydrogen) atoms. The molecule has 2 aromatic rings. The molecule has 0 atom stereocenters. The van der Waals surface area contributed by atoms with Gasteiger partial charge in [-0.1, -0.05) is 0 Å². The second-order valence-corrected chi connectivity index (χ2v) is 6.29. The summed E-state index contributed by atoms with van der Waals surface area (Å²) < 4.78 is 37.7. The second kappa shape index (κ2) is 4.14. The van der Waals surface area contributed by atoms with Crippen LogP contribution >= 0.6 is 0 Å². The molecule has 0 unspecified atom stereocenters. The average Bonchev–Trinajstić information content (AvgIpc) is 2.51. The Balaban J connectivity index is 2.64. The van der Waals surface area contributed by atoms with Gasteiger partial charge in [0.25, 0.3) is 0 Å². The molecule has 92 valence electrons. The van der Waals surface area contributed by atoms with E-state index >= 15 is 0 Å². The van der Waals surface area contributed by atoms with E-state index in [-0.39, 0.29) is 11.6 Å². The Kier molecular flexibility index (Phi) is 2.95. The predicted molar refractivity (Wildman–Crippen MR) is 66.1 cm³/mol. The molecule has 3 nitrogen and oxygen atoms in total. The molecule has 0 spiro atoms. The Morgan fingerprint density at radius 3 is 2.59 bits per heavy atom. The van der Waals surface area contributed by atoms with Gasteiger partial charge in [0.2, 0.25) is 0 Å². The van der Waals surface area contributed by atoms with Crippen LogP contribution in [0.25, 0.3) is 10.9 Å². The van der Waals surface area contributed by atoms with Crippen LogP contribution in [-0.4, -0.2) is 19.2 Å². The van der Waals surface area contributed by atoms with E-state index in [9.17, 15) is 12.8 Å². The van der Waals surface area contributed by atoms with Crippen molar-refractivity contribution < 1.29 is 12.8 Å². The Hall–Kier alpha value is -1.36. The number of aromatic nitrogens is 1. The van der Waals surface area contributed by atoms with Gasteiger partial charge in [0.05, 0.1) is 11.3 Å². The smallest absolute Gasteiger partial charge is 0.153 e. The maximum absolute atomic E-state index is 13.2. The molecule has 0 radical (unpaired) electrons. The van der Waals surface area contributed by atoms with E-state index in [1.54, 1.807) is 12.1 Å². The predicted octanol–water partition coefficient (Wildman–Crippen LogP) is 2.34. The maximum Gasteiger partial charge on any atom is 0.153 e. The number of rotatable bonds is 3. The van der Waals surface area contributed by atoms with Crippen molar-refractivity contribution >= 4 is 20.7 Å². The molecule has 0 saturated heterocycles. The standard InChI is InChI=1S/C12H14FNO2S/c1-3-14-11(8-17(2,15)16)6-9-4-5-10(13)7-12(9)14/h4-7H,3,8H2,1-2H3. The normalized spacial score (nSPS) is 12.2. The first-order chi connectivity index (χ1) is 7.90.